The lowest BCUT2D eigenvalue weighted by molar-refractivity contribution is 0.513. The summed E-state index contributed by atoms with van der Waals surface area (Å²) in [5.41, 5.74) is 0.677. The molecule has 0 amide bonds. The van der Waals surface area contributed by atoms with Crippen LogP contribution in [-0.2, 0) is 7.05 Å². The van der Waals surface area contributed by atoms with E-state index in [1.54, 1.807) is 7.05 Å². The minimum Gasteiger partial charge on any atom is -0.330 e. The molecule has 0 saturated carbocycles. The molecule has 0 radical (unpaired) electrons. The van der Waals surface area contributed by atoms with Crippen LogP contribution < -0.4 is 0 Å². The van der Waals surface area contributed by atoms with E-state index in [1.165, 1.54) is 10.6 Å². The van der Waals surface area contributed by atoms with E-state index >= 15 is 0 Å². The van der Waals surface area contributed by atoms with Gasteiger partial charge in [0.25, 0.3) is 0 Å². The number of hydrogen-bond acceptors (Lipinski definition) is 1. The van der Waals surface area contributed by atoms with Gasteiger partial charge in [-0.15, -0.1) is 0 Å². The highest BCUT2D eigenvalue weighted by Gasteiger charge is 2.10. The molecule has 5 heteroatoms. The molecule has 0 bridgehead atoms. The molecule has 0 saturated heterocycles. The lowest BCUT2D eigenvalue weighted by Crippen LogP contribution is -1.92. The van der Waals surface area contributed by atoms with Gasteiger partial charge in [0.15, 0.2) is 16.4 Å². The molecule has 2 rings (SSSR count). The van der Waals surface area contributed by atoms with Crippen molar-refractivity contribution in [1.82, 2.24) is 9.55 Å². The van der Waals surface area contributed by atoms with Gasteiger partial charge in [-0.1, -0.05) is 0 Å². The number of halogens is 2. The van der Waals surface area contributed by atoms with Crippen LogP contribution in [0.4, 0.5) is 8.78 Å². The summed E-state index contributed by atoms with van der Waals surface area (Å²) in [6, 6.07) is 2.53. The van der Waals surface area contributed by atoms with Crippen molar-refractivity contribution < 1.29 is 8.78 Å². The van der Waals surface area contributed by atoms with Crippen molar-refractivity contribution in [3.63, 3.8) is 0 Å². The van der Waals surface area contributed by atoms with E-state index in [0.717, 1.165) is 6.07 Å². The van der Waals surface area contributed by atoms with Gasteiger partial charge >= 0.3 is 0 Å². The van der Waals surface area contributed by atoms with Crippen molar-refractivity contribution in [2.24, 2.45) is 7.05 Å². The smallest absolute Gasteiger partial charge is 0.184 e. The molecular weight excluding hydrogens is 194 g/mol. The van der Waals surface area contributed by atoms with Gasteiger partial charge < -0.3 is 9.55 Å². The van der Waals surface area contributed by atoms with Gasteiger partial charge in [-0.2, -0.15) is 0 Å². The second-order valence-corrected chi connectivity index (χ2v) is 3.13. The number of hydrogen-bond donors (Lipinski definition) is 1. The van der Waals surface area contributed by atoms with Gasteiger partial charge in [-0.05, 0) is 24.4 Å². The van der Waals surface area contributed by atoms with Crippen LogP contribution >= 0.6 is 12.2 Å². The molecule has 2 aromatic rings. The van der Waals surface area contributed by atoms with Crippen LogP contribution in [0.2, 0.25) is 0 Å². The summed E-state index contributed by atoms with van der Waals surface area (Å²) in [6.45, 7) is 0. The molecule has 0 atom stereocenters. The topological polar surface area (TPSA) is 20.7 Å². The Balaban J connectivity index is 3.05. The molecule has 0 unspecified atom stereocenters. The highest BCUT2D eigenvalue weighted by molar-refractivity contribution is 7.71. The Kier molecular flexibility index (Phi) is 1.69. The summed E-state index contributed by atoms with van der Waals surface area (Å²) in [5.74, 6) is -1.73. The Morgan fingerprint density at radius 1 is 1.38 bits per heavy atom. The maximum atomic E-state index is 13.2. The SMILES string of the molecule is Cn1c(=S)[nH]c2ccc(F)c(F)c21. The van der Waals surface area contributed by atoms with Crippen molar-refractivity contribution in [1.29, 1.82) is 0 Å². The first-order valence-electron chi connectivity index (χ1n) is 3.64. The fraction of sp³-hybridized carbons (Fsp3) is 0.125. The lowest BCUT2D eigenvalue weighted by atomic mass is 10.3. The molecule has 1 heterocycles. The van der Waals surface area contributed by atoms with Crippen LogP contribution in [0.25, 0.3) is 11.0 Å². The number of aryl methyl sites for hydroxylation is 1. The third-order valence-corrected chi connectivity index (χ3v) is 2.33. The number of imidazole rings is 1. The van der Waals surface area contributed by atoms with E-state index in [2.05, 4.69) is 4.98 Å². The maximum Gasteiger partial charge on any atom is 0.184 e. The number of benzene rings is 1. The molecule has 1 aromatic heterocycles. The molecule has 2 nitrogen and oxygen atoms in total. The Morgan fingerprint density at radius 3 is 2.77 bits per heavy atom. The van der Waals surface area contributed by atoms with E-state index in [9.17, 15) is 8.78 Å². The quantitative estimate of drug-likeness (QED) is 0.648. The minimum atomic E-state index is -0.868. The third kappa shape index (κ3) is 1.07. The first kappa shape index (κ1) is 8.37. The molecule has 0 aliphatic carbocycles. The van der Waals surface area contributed by atoms with Crippen molar-refractivity contribution in [2.75, 3.05) is 0 Å². The molecule has 0 spiro atoms. The zero-order valence-corrected chi connectivity index (χ0v) is 7.58. The fourth-order valence-electron chi connectivity index (χ4n) is 1.27. The monoisotopic (exact) mass is 200 g/mol. The standard InChI is InChI=1S/C8H6F2N2S/c1-12-7-5(11-8(12)13)3-2-4(9)6(7)10/h2-3H,1H3,(H,11,13). The van der Waals surface area contributed by atoms with Gasteiger partial charge in [0.2, 0.25) is 0 Å². The Hall–Kier alpha value is -1.23. The molecule has 1 N–H and O–H groups in total. The third-order valence-electron chi connectivity index (χ3n) is 1.95. The van der Waals surface area contributed by atoms with Gasteiger partial charge in [0.05, 0.1) is 5.52 Å². The normalized spacial score (nSPS) is 11.0. The zero-order valence-electron chi connectivity index (χ0n) is 6.77. The second-order valence-electron chi connectivity index (χ2n) is 2.75. The minimum absolute atomic E-state index is 0.171. The van der Waals surface area contributed by atoms with E-state index < -0.39 is 11.6 Å². The number of fused-ring (bicyclic) bond motifs is 1. The zero-order chi connectivity index (χ0) is 9.59. The average Bonchev–Trinajstić information content (AvgIpc) is 2.37. The lowest BCUT2D eigenvalue weighted by Gasteiger charge is -1.96. The van der Waals surface area contributed by atoms with Gasteiger partial charge in [-0.3, -0.25) is 0 Å². The summed E-state index contributed by atoms with van der Waals surface area (Å²) >= 11 is 4.88. The first-order chi connectivity index (χ1) is 6.11. The molecule has 13 heavy (non-hydrogen) atoms. The van der Waals surface area contributed by atoms with E-state index in [-0.39, 0.29) is 5.52 Å². The van der Waals surface area contributed by atoms with E-state index in [4.69, 9.17) is 12.2 Å². The maximum absolute atomic E-state index is 13.2. The van der Waals surface area contributed by atoms with E-state index in [1.807, 2.05) is 0 Å². The molecule has 0 aliphatic heterocycles. The molecule has 68 valence electrons. The van der Waals surface area contributed by atoms with Crippen molar-refractivity contribution in [2.45, 2.75) is 0 Å². The Labute approximate surface area is 77.8 Å². The van der Waals surface area contributed by atoms with Crippen molar-refractivity contribution in [3.8, 4) is 0 Å². The van der Waals surface area contributed by atoms with Crippen LogP contribution in [0.3, 0.4) is 0 Å². The van der Waals surface area contributed by atoms with Crippen LogP contribution in [0, 0.1) is 16.4 Å². The number of aromatic nitrogens is 2. The number of nitrogens with one attached hydrogen (secondary N) is 1. The number of H-pyrrole nitrogens is 1. The predicted molar refractivity (Wildman–Crippen MR) is 48.0 cm³/mol. The predicted octanol–water partition coefficient (Wildman–Crippen LogP) is 2.51. The molecule has 1 aromatic carbocycles. The first-order valence-corrected chi connectivity index (χ1v) is 4.05. The van der Waals surface area contributed by atoms with Crippen LogP contribution in [-0.4, -0.2) is 9.55 Å². The van der Waals surface area contributed by atoms with Crippen LogP contribution in [0.15, 0.2) is 12.1 Å². The largest absolute Gasteiger partial charge is 0.330 e. The van der Waals surface area contributed by atoms with Gasteiger partial charge in [0, 0.05) is 7.05 Å². The molecule has 0 fully saturated rings. The highest BCUT2D eigenvalue weighted by atomic mass is 32.1. The number of rotatable bonds is 0. The van der Waals surface area contributed by atoms with Crippen LogP contribution in [0.5, 0.6) is 0 Å². The Morgan fingerprint density at radius 2 is 2.08 bits per heavy atom. The summed E-state index contributed by atoms with van der Waals surface area (Å²) < 4.78 is 27.8. The van der Waals surface area contributed by atoms with E-state index in [0.29, 0.717) is 10.3 Å². The highest BCUT2D eigenvalue weighted by Crippen LogP contribution is 2.18. The number of aromatic amines is 1. The summed E-state index contributed by atoms with van der Waals surface area (Å²) in [5, 5.41) is 0. The average molecular weight is 200 g/mol. The van der Waals surface area contributed by atoms with Gasteiger partial charge in [0.1, 0.15) is 5.52 Å². The van der Waals surface area contributed by atoms with Crippen LogP contribution in [0.1, 0.15) is 0 Å². The second kappa shape index (κ2) is 2.63. The summed E-state index contributed by atoms with van der Waals surface area (Å²) in [6.07, 6.45) is 0. The molecular formula is C8H6F2N2S. The molecule has 0 aliphatic rings. The fourth-order valence-corrected chi connectivity index (χ4v) is 1.47. The van der Waals surface area contributed by atoms with Crippen molar-refractivity contribution in [3.05, 3.63) is 28.5 Å². The van der Waals surface area contributed by atoms with Crippen molar-refractivity contribution >= 4 is 23.3 Å². The van der Waals surface area contributed by atoms with Gasteiger partial charge in [-0.25, -0.2) is 8.78 Å². The number of nitrogens with zero attached hydrogens (tertiary/aromatic N) is 1. The Bertz CT molecular complexity index is 527. The summed E-state index contributed by atoms with van der Waals surface area (Å²) in [7, 11) is 1.59. The summed E-state index contributed by atoms with van der Waals surface area (Å²) in [4.78, 5) is 2.77.